The molecule has 0 saturated carbocycles. The monoisotopic (exact) mass is 474 g/mol. The molecule has 2 aromatic rings. The van der Waals surface area contributed by atoms with Crippen molar-refractivity contribution in [2.24, 2.45) is 0 Å². The Morgan fingerprint density at radius 2 is 1.97 bits per heavy atom. The lowest BCUT2D eigenvalue weighted by Gasteiger charge is -2.26. The number of halogens is 2. The van der Waals surface area contributed by atoms with Crippen LogP contribution in [0.25, 0.3) is 6.08 Å². The fourth-order valence-corrected chi connectivity index (χ4v) is 3.36. The third-order valence-corrected chi connectivity index (χ3v) is 4.69. The summed E-state index contributed by atoms with van der Waals surface area (Å²) in [4.78, 5) is 38.0. The van der Waals surface area contributed by atoms with E-state index >= 15 is 0 Å². The number of carbonyl (C=O) groups is 3. The smallest absolute Gasteiger partial charge is 0.336 e. The minimum absolute atomic E-state index is 0.246. The van der Waals surface area contributed by atoms with Crippen LogP contribution in [0.4, 0.5) is 14.9 Å². The molecule has 1 aliphatic rings. The summed E-state index contributed by atoms with van der Waals surface area (Å²) in [5.74, 6) is -1.84. The molecule has 1 aliphatic heterocycles. The number of hydrogen-bond acceptors (Lipinski definition) is 5. The standard InChI is InChI=1S/C21H16BrFN2O5/c1-3-8-30-18-14(22)10-12(11-17(18)29-2)9-13-19(26)24-21(28)25(20(13)27)16-7-5-4-6-15(16)23/h3-7,9-11H,1,8H2,2H3,(H,24,26,28)/b13-9-. The van der Waals surface area contributed by atoms with Crippen molar-refractivity contribution in [2.45, 2.75) is 0 Å². The van der Waals surface area contributed by atoms with E-state index in [0.717, 1.165) is 6.07 Å². The van der Waals surface area contributed by atoms with E-state index in [9.17, 15) is 18.8 Å². The molecule has 0 atom stereocenters. The molecule has 30 heavy (non-hydrogen) atoms. The first kappa shape index (κ1) is 21.3. The Balaban J connectivity index is 2.03. The van der Waals surface area contributed by atoms with Gasteiger partial charge in [0.1, 0.15) is 18.0 Å². The van der Waals surface area contributed by atoms with Crippen LogP contribution in [-0.4, -0.2) is 31.6 Å². The Kier molecular flexibility index (Phi) is 6.31. The lowest BCUT2D eigenvalue weighted by Crippen LogP contribution is -2.54. The molecule has 0 bridgehead atoms. The fraction of sp³-hybridized carbons (Fsp3) is 0.0952. The summed E-state index contributed by atoms with van der Waals surface area (Å²) in [6.07, 6.45) is 2.85. The number of barbiturate groups is 1. The van der Waals surface area contributed by atoms with Crippen molar-refractivity contribution in [3.63, 3.8) is 0 Å². The van der Waals surface area contributed by atoms with Crippen LogP contribution in [-0.2, 0) is 9.59 Å². The number of nitrogens with zero attached hydrogens (tertiary/aromatic N) is 1. The molecular weight excluding hydrogens is 459 g/mol. The van der Waals surface area contributed by atoms with Gasteiger partial charge in [-0.25, -0.2) is 14.1 Å². The van der Waals surface area contributed by atoms with E-state index in [1.165, 1.54) is 31.4 Å². The molecule has 1 saturated heterocycles. The summed E-state index contributed by atoms with van der Waals surface area (Å²) in [6, 6.07) is 7.42. The maximum atomic E-state index is 14.1. The summed E-state index contributed by atoms with van der Waals surface area (Å²) in [6.45, 7) is 3.83. The third-order valence-electron chi connectivity index (χ3n) is 4.10. The molecule has 1 fully saturated rings. The number of amides is 4. The van der Waals surface area contributed by atoms with Gasteiger partial charge in [-0.15, -0.1) is 0 Å². The van der Waals surface area contributed by atoms with Gasteiger partial charge >= 0.3 is 6.03 Å². The number of hydrogen-bond donors (Lipinski definition) is 1. The van der Waals surface area contributed by atoms with E-state index in [-0.39, 0.29) is 17.9 Å². The molecule has 0 radical (unpaired) electrons. The second kappa shape index (κ2) is 8.91. The van der Waals surface area contributed by atoms with Crippen molar-refractivity contribution < 1.29 is 28.2 Å². The van der Waals surface area contributed by atoms with Gasteiger partial charge in [0.25, 0.3) is 11.8 Å². The van der Waals surface area contributed by atoms with Gasteiger partial charge in [-0.2, -0.15) is 0 Å². The molecule has 0 spiro atoms. The molecule has 154 valence electrons. The Labute approximate surface area is 179 Å². The highest BCUT2D eigenvalue weighted by Gasteiger charge is 2.38. The number of ether oxygens (including phenoxy) is 2. The quantitative estimate of drug-likeness (QED) is 0.390. The molecule has 4 amide bonds. The summed E-state index contributed by atoms with van der Waals surface area (Å²) in [5.41, 5.74) is -0.178. The summed E-state index contributed by atoms with van der Waals surface area (Å²) in [5, 5.41) is 2.05. The lowest BCUT2D eigenvalue weighted by molar-refractivity contribution is -0.122. The Bertz CT molecular complexity index is 1080. The third kappa shape index (κ3) is 4.11. The number of urea groups is 1. The predicted molar refractivity (Wildman–Crippen MR) is 112 cm³/mol. The van der Waals surface area contributed by atoms with E-state index < -0.39 is 23.7 Å². The largest absolute Gasteiger partial charge is 0.493 e. The maximum absolute atomic E-state index is 14.1. The minimum Gasteiger partial charge on any atom is -0.493 e. The average molecular weight is 475 g/mol. The van der Waals surface area contributed by atoms with Gasteiger partial charge in [0.2, 0.25) is 0 Å². The van der Waals surface area contributed by atoms with Crippen molar-refractivity contribution in [1.82, 2.24) is 5.32 Å². The topological polar surface area (TPSA) is 84.9 Å². The lowest BCUT2D eigenvalue weighted by atomic mass is 10.1. The molecule has 0 aliphatic carbocycles. The van der Waals surface area contributed by atoms with Crippen molar-refractivity contribution in [3.05, 3.63) is 70.5 Å². The molecular formula is C21H16BrFN2O5. The molecule has 9 heteroatoms. The number of anilines is 1. The fourth-order valence-electron chi connectivity index (χ4n) is 2.78. The van der Waals surface area contributed by atoms with Crippen LogP contribution in [0.2, 0.25) is 0 Å². The van der Waals surface area contributed by atoms with Crippen LogP contribution in [0.3, 0.4) is 0 Å². The summed E-state index contributed by atoms with van der Waals surface area (Å²) < 4.78 is 25.5. The normalized spacial score (nSPS) is 15.2. The second-order valence-electron chi connectivity index (χ2n) is 6.04. The van der Waals surface area contributed by atoms with Gasteiger partial charge in [0.05, 0.1) is 17.3 Å². The van der Waals surface area contributed by atoms with Crippen molar-refractivity contribution in [3.8, 4) is 11.5 Å². The van der Waals surface area contributed by atoms with Crippen molar-refractivity contribution >= 4 is 45.5 Å². The van der Waals surface area contributed by atoms with Crippen LogP contribution < -0.4 is 19.7 Å². The van der Waals surface area contributed by atoms with Crippen LogP contribution in [0.1, 0.15) is 5.56 Å². The number of nitrogens with one attached hydrogen (secondary N) is 1. The average Bonchev–Trinajstić information content (AvgIpc) is 2.71. The number of para-hydroxylation sites is 1. The van der Waals surface area contributed by atoms with E-state index in [2.05, 4.69) is 27.8 Å². The summed E-state index contributed by atoms with van der Waals surface area (Å²) >= 11 is 3.36. The van der Waals surface area contributed by atoms with E-state index in [1.54, 1.807) is 18.2 Å². The van der Waals surface area contributed by atoms with Gasteiger partial charge in [-0.05, 0) is 51.8 Å². The van der Waals surface area contributed by atoms with Gasteiger partial charge in [0.15, 0.2) is 11.5 Å². The first-order valence-corrected chi connectivity index (χ1v) is 9.44. The maximum Gasteiger partial charge on any atom is 0.336 e. The van der Waals surface area contributed by atoms with Crippen molar-refractivity contribution in [2.75, 3.05) is 18.6 Å². The highest BCUT2D eigenvalue weighted by molar-refractivity contribution is 9.10. The number of rotatable bonds is 6. The minimum atomic E-state index is -1.03. The predicted octanol–water partition coefficient (Wildman–Crippen LogP) is 3.83. The van der Waals surface area contributed by atoms with E-state index in [1.807, 2.05) is 0 Å². The number of carbonyl (C=O) groups excluding carboxylic acids is 3. The molecule has 2 aromatic carbocycles. The zero-order valence-corrected chi connectivity index (χ0v) is 17.4. The number of methoxy groups -OCH3 is 1. The van der Waals surface area contributed by atoms with Gasteiger partial charge in [0, 0.05) is 0 Å². The second-order valence-corrected chi connectivity index (χ2v) is 6.90. The zero-order valence-electron chi connectivity index (χ0n) is 15.8. The van der Waals surface area contributed by atoms with Crippen LogP contribution in [0.5, 0.6) is 11.5 Å². The van der Waals surface area contributed by atoms with Gasteiger partial charge in [-0.1, -0.05) is 24.8 Å². The molecule has 0 aromatic heterocycles. The first-order chi connectivity index (χ1) is 14.4. The zero-order chi connectivity index (χ0) is 21.8. The summed E-state index contributed by atoms with van der Waals surface area (Å²) in [7, 11) is 1.44. The van der Waals surface area contributed by atoms with E-state index in [0.29, 0.717) is 26.4 Å². The molecule has 1 N–H and O–H groups in total. The van der Waals surface area contributed by atoms with E-state index in [4.69, 9.17) is 9.47 Å². The molecule has 3 rings (SSSR count). The highest BCUT2D eigenvalue weighted by Crippen LogP contribution is 2.37. The first-order valence-electron chi connectivity index (χ1n) is 8.64. The Hall–Kier alpha value is -3.46. The van der Waals surface area contributed by atoms with Gasteiger partial charge < -0.3 is 9.47 Å². The van der Waals surface area contributed by atoms with Crippen LogP contribution in [0.15, 0.2) is 59.1 Å². The molecule has 0 unspecified atom stereocenters. The van der Waals surface area contributed by atoms with Crippen molar-refractivity contribution in [1.29, 1.82) is 0 Å². The molecule has 1 heterocycles. The van der Waals surface area contributed by atoms with Gasteiger partial charge in [-0.3, -0.25) is 14.9 Å². The number of benzene rings is 2. The van der Waals surface area contributed by atoms with Crippen LogP contribution in [0, 0.1) is 5.82 Å². The number of imide groups is 2. The highest BCUT2D eigenvalue weighted by atomic mass is 79.9. The van der Waals surface area contributed by atoms with Crippen LogP contribution >= 0.6 is 15.9 Å². The Morgan fingerprint density at radius 1 is 1.23 bits per heavy atom. The Morgan fingerprint density at radius 3 is 2.63 bits per heavy atom. The SMILES string of the molecule is C=CCOc1c(Br)cc(/C=C2/C(=O)NC(=O)N(c3ccccc3F)C2=O)cc1OC. The molecule has 7 nitrogen and oxygen atoms in total.